The molecule has 1 aliphatic rings. The molecule has 0 aliphatic carbocycles. The standard InChI is InChI=1S/C27H26F2N8O3/c1-2-23(40)33-22-15-17(5-7-30-22)37-8-6-21(39)18-16-31-27(34-26(18)37)32-19-3-4-20(25(29)24(19)28)36-11-9-35(10-12-36)13-14-38/h2-8,15-16,38H,1,9-14H2,(H,30,33,40)(H,31,32,34). The van der Waals surface area contributed by atoms with Crippen LogP contribution in [0.2, 0.25) is 0 Å². The van der Waals surface area contributed by atoms with E-state index in [4.69, 9.17) is 5.11 Å². The van der Waals surface area contributed by atoms with E-state index in [9.17, 15) is 9.59 Å². The molecule has 5 rings (SSSR count). The third kappa shape index (κ3) is 5.51. The number of carbonyl (C=O) groups is 1. The summed E-state index contributed by atoms with van der Waals surface area (Å²) in [4.78, 5) is 40.7. The third-order valence-corrected chi connectivity index (χ3v) is 6.53. The van der Waals surface area contributed by atoms with Gasteiger partial charge in [0.05, 0.1) is 29.1 Å². The monoisotopic (exact) mass is 548 g/mol. The number of hydrogen-bond donors (Lipinski definition) is 3. The molecular formula is C27H26F2N8O3. The SMILES string of the molecule is C=CC(=O)Nc1cc(-n2ccc(=O)c3cnc(Nc4ccc(N5CCN(CCO)CC5)c(F)c4F)nc32)ccn1. The van der Waals surface area contributed by atoms with Gasteiger partial charge in [0, 0.05) is 63.4 Å². The summed E-state index contributed by atoms with van der Waals surface area (Å²) in [5.74, 6) is -2.31. The molecule has 1 amide bonds. The van der Waals surface area contributed by atoms with Gasteiger partial charge in [-0.15, -0.1) is 0 Å². The first-order chi connectivity index (χ1) is 19.4. The first-order valence-corrected chi connectivity index (χ1v) is 12.5. The molecule has 11 nitrogen and oxygen atoms in total. The van der Waals surface area contributed by atoms with E-state index < -0.39 is 17.5 Å². The van der Waals surface area contributed by atoms with Crippen LogP contribution in [0.3, 0.4) is 0 Å². The normalized spacial score (nSPS) is 13.8. The third-order valence-electron chi connectivity index (χ3n) is 6.53. The number of halogens is 2. The van der Waals surface area contributed by atoms with Crippen LogP contribution in [0.15, 0.2) is 66.4 Å². The highest BCUT2D eigenvalue weighted by Crippen LogP contribution is 2.29. The molecule has 1 aromatic carbocycles. The number of carbonyl (C=O) groups excluding carboxylic acids is 1. The van der Waals surface area contributed by atoms with Gasteiger partial charge >= 0.3 is 0 Å². The van der Waals surface area contributed by atoms with E-state index in [0.29, 0.717) is 38.4 Å². The number of β-amino-alcohol motifs (C(OH)–C–C–N with tert-alkyl or cyclic N) is 1. The van der Waals surface area contributed by atoms with Crippen LogP contribution in [-0.4, -0.2) is 74.8 Å². The number of nitrogens with one attached hydrogen (secondary N) is 2. The zero-order chi connectivity index (χ0) is 28.2. The maximum absolute atomic E-state index is 15.1. The fourth-order valence-electron chi connectivity index (χ4n) is 4.47. The van der Waals surface area contributed by atoms with E-state index in [0.717, 1.165) is 6.08 Å². The van der Waals surface area contributed by atoms with Crippen LogP contribution in [0.1, 0.15) is 0 Å². The Bertz CT molecular complexity index is 1640. The lowest BCUT2D eigenvalue weighted by molar-refractivity contribution is -0.111. The number of benzene rings is 1. The van der Waals surface area contributed by atoms with E-state index >= 15 is 8.78 Å². The van der Waals surface area contributed by atoms with Gasteiger partial charge in [0.25, 0.3) is 0 Å². The van der Waals surface area contributed by atoms with E-state index in [1.165, 1.54) is 36.8 Å². The van der Waals surface area contributed by atoms with Gasteiger partial charge in [0.2, 0.25) is 11.9 Å². The van der Waals surface area contributed by atoms with Crippen LogP contribution < -0.4 is 21.0 Å². The number of aliphatic hydroxyl groups is 1. The second-order valence-corrected chi connectivity index (χ2v) is 9.01. The molecule has 1 saturated heterocycles. The highest BCUT2D eigenvalue weighted by atomic mass is 19.2. The molecule has 3 aromatic heterocycles. The van der Waals surface area contributed by atoms with Crippen molar-refractivity contribution in [1.82, 2.24) is 24.4 Å². The lowest BCUT2D eigenvalue weighted by Gasteiger charge is -2.36. The van der Waals surface area contributed by atoms with Crippen molar-refractivity contribution in [3.8, 4) is 5.69 Å². The van der Waals surface area contributed by atoms with Crippen molar-refractivity contribution >= 4 is 40.1 Å². The number of nitrogens with zero attached hydrogens (tertiary/aromatic N) is 6. The van der Waals surface area contributed by atoms with Gasteiger partial charge in [-0.1, -0.05) is 6.58 Å². The molecule has 4 heterocycles. The minimum atomic E-state index is -1.08. The average molecular weight is 549 g/mol. The summed E-state index contributed by atoms with van der Waals surface area (Å²) in [7, 11) is 0. The van der Waals surface area contributed by atoms with Gasteiger partial charge in [-0.05, 0) is 24.3 Å². The Kier molecular flexibility index (Phi) is 7.75. The lowest BCUT2D eigenvalue weighted by atomic mass is 10.2. The molecule has 13 heteroatoms. The summed E-state index contributed by atoms with van der Waals surface area (Å²) in [6.45, 7) is 6.28. The summed E-state index contributed by atoms with van der Waals surface area (Å²) >= 11 is 0. The second-order valence-electron chi connectivity index (χ2n) is 9.01. The Morgan fingerprint density at radius 2 is 1.90 bits per heavy atom. The van der Waals surface area contributed by atoms with Gasteiger partial charge in [0.15, 0.2) is 22.7 Å². The Morgan fingerprint density at radius 3 is 2.65 bits per heavy atom. The summed E-state index contributed by atoms with van der Waals surface area (Å²) in [5, 5.41) is 14.6. The molecule has 40 heavy (non-hydrogen) atoms. The summed E-state index contributed by atoms with van der Waals surface area (Å²) in [5.41, 5.74) is 0.396. The lowest BCUT2D eigenvalue weighted by Crippen LogP contribution is -2.47. The molecular weight excluding hydrogens is 522 g/mol. The van der Waals surface area contributed by atoms with Gasteiger partial charge in [-0.25, -0.2) is 18.7 Å². The van der Waals surface area contributed by atoms with Crippen molar-refractivity contribution in [2.75, 3.05) is 54.9 Å². The topological polar surface area (TPSA) is 129 Å². The fraction of sp³-hybridized carbons (Fsp3) is 0.222. The highest BCUT2D eigenvalue weighted by Gasteiger charge is 2.23. The molecule has 3 N–H and O–H groups in total. The molecule has 1 fully saturated rings. The fourth-order valence-corrected chi connectivity index (χ4v) is 4.47. The Labute approximate surface area is 227 Å². The van der Waals surface area contributed by atoms with Crippen LogP contribution in [0.5, 0.6) is 0 Å². The van der Waals surface area contributed by atoms with Crippen molar-refractivity contribution < 1.29 is 18.7 Å². The van der Waals surface area contributed by atoms with Crippen LogP contribution in [0.25, 0.3) is 16.7 Å². The smallest absolute Gasteiger partial charge is 0.248 e. The van der Waals surface area contributed by atoms with Crippen molar-refractivity contribution in [2.24, 2.45) is 0 Å². The summed E-state index contributed by atoms with van der Waals surface area (Å²) in [6.07, 6.45) is 5.40. The van der Waals surface area contributed by atoms with E-state index in [1.807, 2.05) is 0 Å². The number of piperazine rings is 1. The van der Waals surface area contributed by atoms with Crippen molar-refractivity contribution in [3.63, 3.8) is 0 Å². The number of pyridine rings is 2. The molecule has 206 valence electrons. The van der Waals surface area contributed by atoms with Crippen LogP contribution in [-0.2, 0) is 4.79 Å². The number of anilines is 4. The Balaban J connectivity index is 1.44. The number of fused-ring (bicyclic) bond motifs is 1. The van der Waals surface area contributed by atoms with E-state index in [-0.39, 0.29) is 46.2 Å². The molecule has 0 bridgehead atoms. The van der Waals surface area contributed by atoms with Gasteiger partial charge in [0.1, 0.15) is 5.82 Å². The first kappa shape index (κ1) is 26.8. The molecule has 0 atom stereocenters. The minimum absolute atomic E-state index is 0.0495. The predicted octanol–water partition coefficient (Wildman–Crippen LogP) is 2.44. The predicted molar refractivity (Wildman–Crippen MR) is 147 cm³/mol. The number of hydrogen-bond acceptors (Lipinski definition) is 9. The Hall–Kier alpha value is -4.75. The minimum Gasteiger partial charge on any atom is -0.395 e. The molecule has 0 spiro atoms. The van der Waals surface area contributed by atoms with Gasteiger partial charge in [-0.2, -0.15) is 4.98 Å². The second kappa shape index (κ2) is 11.6. The molecule has 1 aliphatic heterocycles. The van der Waals surface area contributed by atoms with E-state index in [1.54, 1.807) is 21.6 Å². The summed E-state index contributed by atoms with van der Waals surface area (Å²) < 4.78 is 31.8. The Morgan fingerprint density at radius 1 is 1.10 bits per heavy atom. The molecule has 0 saturated carbocycles. The first-order valence-electron chi connectivity index (χ1n) is 12.5. The van der Waals surface area contributed by atoms with Crippen molar-refractivity contribution in [2.45, 2.75) is 0 Å². The summed E-state index contributed by atoms with van der Waals surface area (Å²) in [6, 6.07) is 7.49. The molecule has 0 radical (unpaired) electrons. The van der Waals surface area contributed by atoms with Crippen LogP contribution in [0.4, 0.5) is 31.9 Å². The number of aliphatic hydroxyl groups excluding tert-OH is 1. The van der Waals surface area contributed by atoms with Gasteiger partial charge in [-0.3, -0.25) is 14.5 Å². The van der Waals surface area contributed by atoms with Crippen molar-refractivity contribution in [3.05, 3.63) is 83.4 Å². The number of amides is 1. The largest absolute Gasteiger partial charge is 0.395 e. The quantitative estimate of drug-likeness (QED) is 0.285. The number of rotatable bonds is 8. The van der Waals surface area contributed by atoms with E-state index in [2.05, 4.69) is 37.1 Å². The molecule has 4 aromatic rings. The zero-order valence-corrected chi connectivity index (χ0v) is 21.3. The van der Waals surface area contributed by atoms with Crippen LogP contribution >= 0.6 is 0 Å². The zero-order valence-electron chi connectivity index (χ0n) is 21.3. The maximum atomic E-state index is 15.1. The van der Waals surface area contributed by atoms with Crippen LogP contribution in [0, 0.1) is 11.6 Å². The molecule has 0 unspecified atom stereocenters. The average Bonchev–Trinajstić information content (AvgIpc) is 2.96. The van der Waals surface area contributed by atoms with Crippen molar-refractivity contribution in [1.29, 1.82) is 0 Å². The number of aromatic nitrogens is 4. The maximum Gasteiger partial charge on any atom is 0.248 e. The highest BCUT2D eigenvalue weighted by molar-refractivity contribution is 5.98. The van der Waals surface area contributed by atoms with Gasteiger partial charge < -0.3 is 25.2 Å².